The molecule has 6 heteroatoms. The summed E-state index contributed by atoms with van der Waals surface area (Å²) in [5.74, 6) is 1.66. The Morgan fingerprint density at radius 3 is 2.50 bits per heavy atom. The van der Waals surface area contributed by atoms with Crippen molar-refractivity contribution in [2.24, 2.45) is 5.73 Å². The van der Waals surface area contributed by atoms with Crippen LogP contribution in [0.5, 0.6) is 0 Å². The van der Waals surface area contributed by atoms with Crippen LogP contribution in [0.4, 0.5) is 0 Å². The van der Waals surface area contributed by atoms with Crippen LogP contribution in [0.1, 0.15) is 11.6 Å². The van der Waals surface area contributed by atoms with E-state index in [1.165, 1.54) is 0 Å². The SMILES string of the molecule is Cc1nccn1CCn1ccnc1C(N)=S. The summed E-state index contributed by atoms with van der Waals surface area (Å²) in [5.41, 5.74) is 5.57. The molecule has 0 bridgehead atoms. The van der Waals surface area contributed by atoms with Gasteiger partial charge in [0.25, 0.3) is 0 Å². The molecule has 84 valence electrons. The zero-order valence-electron chi connectivity index (χ0n) is 9.00. The van der Waals surface area contributed by atoms with Gasteiger partial charge in [0.15, 0.2) is 5.82 Å². The van der Waals surface area contributed by atoms with Gasteiger partial charge in [0.2, 0.25) is 0 Å². The lowest BCUT2D eigenvalue weighted by atomic mass is 10.5. The number of imidazole rings is 2. The molecule has 0 aliphatic carbocycles. The van der Waals surface area contributed by atoms with Crippen molar-refractivity contribution >= 4 is 17.2 Å². The summed E-state index contributed by atoms with van der Waals surface area (Å²) in [5, 5.41) is 0. The molecule has 0 aliphatic rings. The van der Waals surface area contributed by atoms with E-state index in [9.17, 15) is 0 Å². The second-order valence-corrected chi connectivity index (χ2v) is 3.92. The quantitative estimate of drug-likeness (QED) is 0.793. The maximum absolute atomic E-state index is 5.57. The first-order valence-electron chi connectivity index (χ1n) is 4.97. The largest absolute Gasteiger partial charge is 0.387 e. The highest BCUT2D eigenvalue weighted by Crippen LogP contribution is 2.01. The van der Waals surface area contributed by atoms with E-state index in [-0.39, 0.29) is 0 Å². The van der Waals surface area contributed by atoms with Crippen molar-refractivity contribution in [1.82, 2.24) is 19.1 Å². The Bertz CT molecular complexity index is 499. The first-order chi connectivity index (χ1) is 7.68. The van der Waals surface area contributed by atoms with Gasteiger partial charge in [-0.3, -0.25) is 0 Å². The van der Waals surface area contributed by atoms with Crippen LogP contribution in [0.15, 0.2) is 24.8 Å². The Morgan fingerprint density at radius 1 is 1.25 bits per heavy atom. The fraction of sp³-hybridized carbons (Fsp3) is 0.300. The lowest BCUT2D eigenvalue weighted by molar-refractivity contribution is 0.565. The first kappa shape index (κ1) is 10.8. The number of rotatable bonds is 4. The molecule has 2 heterocycles. The van der Waals surface area contributed by atoms with Crippen LogP contribution in [0, 0.1) is 6.92 Å². The lowest BCUT2D eigenvalue weighted by Gasteiger charge is -2.08. The van der Waals surface area contributed by atoms with Crippen molar-refractivity contribution in [2.75, 3.05) is 0 Å². The topological polar surface area (TPSA) is 61.7 Å². The average Bonchev–Trinajstić information content (AvgIpc) is 2.83. The summed E-state index contributed by atoms with van der Waals surface area (Å²) in [6, 6.07) is 0. The van der Waals surface area contributed by atoms with Gasteiger partial charge in [-0.05, 0) is 6.92 Å². The predicted molar refractivity (Wildman–Crippen MR) is 65.1 cm³/mol. The van der Waals surface area contributed by atoms with E-state index in [4.69, 9.17) is 18.0 Å². The maximum atomic E-state index is 5.57. The van der Waals surface area contributed by atoms with Crippen molar-refractivity contribution in [1.29, 1.82) is 0 Å². The van der Waals surface area contributed by atoms with Gasteiger partial charge < -0.3 is 14.9 Å². The second-order valence-electron chi connectivity index (χ2n) is 3.48. The Labute approximate surface area is 98.9 Å². The van der Waals surface area contributed by atoms with E-state index < -0.39 is 0 Å². The molecule has 0 amide bonds. The van der Waals surface area contributed by atoms with Crippen LogP contribution in [-0.2, 0) is 13.1 Å². The normalized spacial score (nSPS) is 10.6. The molecule has 0 fully saturated rings. The molecular formula is C10H13N5S. The Kier molecular flexibility index (Phi) is 3.00. The summed E-state index contributed by atoms with van der Waals surface area (Å²) in [4.78, 5) is 8.60. The smallest absolute Gasteiger partial charge is 0.167 e. The number of nitrogens with two attached hydrogens (primary N) is 1. The van der Waals surface area contributed by atoms with Gasteiger partial charge in [-0.2, -0.15) is 0 Å². The number of hydrogen-bond acceptors (Lipinski definition) is 3. The highest BCUT2D eigenvalue weighted by molar-refractivity contribution is 7.80. The van der Waals surface area contributed by atoms with Crippen molar-refractivity contribution in [3.63, 3.8) is 0 Å². The van der Waals surface area contributed by atoms with Crippen LogP contribution >= 0.6 is 12.2 Å². The van der Waals surface area contributed by atoms with E-state index >= 15 is 0 Å². The van der Waals surface area contributed by atoms with E-state index in [2.05, 4.69) is 14.5 Å². The second kappa shape index (κ2) is 4.44. The fourth-order valence-electron chi connectivity index (χ4n) is 1.57. The molecule has 2 N–H and O–H groups in total. The third-order valence-electron chi connectivity index (χ3n) is 2.44. The van der Waals surface area contributed by atoms with E-state index in [0.29, 0.717) is 10.8 Å². The number of aryl methyl sites for hydroxylation is 3. The minimum atomic E-state index is 0.326. The van der Waals surface area contributed by atoms with E-state index in [1.54, 1.807) is 12.4 Å². The Hall–Kier alpha value is -1.69. The van der Waals surface area contributed by atoms with Crippen molar-refractivity contribution < 1.29 is 0 Å². The van der Waals surface area contributed by atoms with Crippen molar-refractivity contribution in [2.45, 2.75) is 20.0 Å². The van der Waals surface area contributed by atoms with Gasteiger partial charge in [-0.1, -0.05) is 12.2 Å². The molecule has 0 saturated carbocycles. The highest BCUT2D eigenvalue weighted by atomic mass is 32.1. The highest BCUT2D eigenvalue weighted by Gasteiger charge is 2.05. The van der Waals surface area contributed by atoms with Gasteiger partial charge in [0, 0.05) is 37.9 Å². The summed E-state index contributed by atoms with van der Waals surface area (Å²) in [6.45, 7) is 3.59. The third kappa shape index (κ3) is 2.11. The van der Waals surface area contributed by atoms with Gasteiger partial charge >= 0.3 is 0 Å². The number of hydrogen-bond donors (Lipinski definition) is 1. The molecule has 0 unspecified atom stereocenters. The van der Waals surface area contributed by atoms with Crippen LogP contribution in [-0.4, -0.2) is 24.1 Å². The summed E-state index contributed by atoms with van der Waals surface area (Å²) < 4.78 is 4.02. The molecule has 5 nitrogen and oxygen atoms in total. The molecular weight excluding hydrogens is 222 g/mol. The zero-order valence-corrected chi connectivity index (χ0v) is 9.81. The van der Waals surface area contributed by atoms with Crippen LogP contribution in [0.3, 0.4) is 0 Å². The molecule has 16 heavy (non-hydrogen) atoms. The number of thiocarbonyl (C=S) groups is 1. The minimum absolute atomic E-state index is 0.326. The molecule has 0 saturated heterocycles. The van der Waals surface area contributed by atoms with E-state index in [1.807, 2.05) is 23.9 Å². The molecule has 0 atom stereocenters. The minimum Gasteiger partial charge on any atom is -0.387 e. The average molecular weight is 235 g/mol. The summed E-state index contributed by atoms with van der Waals surface area (Å²) in [7, 11) is 0. The first-order valence-corrected chi connectivity index (χ1v) is 5.38. The number of nitrogens with zero attached hydrogens (tertiary/aromatic N) is 4. The number of aromatic nitrogens is 4. The predicted octanol–water partition coefficient (Wildman–Crippen LogP) is 0.722. The third-order valence-corrected chi connectivity index (χ3v) is 2.62. The van der Waals surface area contributed by atoms with Crippen LogP contribution in [0.25, 0.3) is 0 Å². The van der Waals surface area contributed by atoms with Crippen LogP contribution in [0.2, 0.25) is 0 Å². The monoisotopic (exact) mass is 235 g/mol. The standard InChI is InChI=1S/C10H13N5S/c1-8-12-2-4-14(8)6-7-15-5-3-13-10(15)9(11)16/h2-5H,6-7H2,1H3,(H2,11,16). The Balaban J connectivity index is 2.08. The molecule has 0 spiro atoms. The molecule has 0 aromatic carbocycles. The fourth-order valence-corrected chi connectivity index (χ4v) is 1.74. The molecule has 2 aromatic heterocycles. The summed E-state index contributed by atoms with van der Waals surface area (Å²) in [6.07, 6.45) is 7.32. The van der Waals surface area contributed by atoms with Gasteiger partial charge in [0.05, 0.1) is 0 Å². The summed E-state index contributed by atoms with van der Waals surface area (Å²) >= 11 is 4.92. The van der Waals surface area contributed by atoms with Crippen molar-refractivity contribution in [3.8, 4) is 0 Å². The zero-order chi connectivity index (χ0) is 11.5. The van der Waals surface area contributed by atoms with Gasteiger partial charge in [0.1, 0.15) is 10.8 Å². The molecule has 2 rings (SSSR count). The van der Waals surface area contributed by atoms with E-state index in [0.717, 1.165) is 18.9 Å². The molecule has 0 aliphatic heterocycles. The molecule has 0 radical (unpaired) electrons. The molecule has 2 aromatic rings. The Morgan fingerprint density at radius 2 is 1.88 bits per heavy atom. The van der Waals surface area contributed by atoms with Gasteiger partial charge in [-0.25, -0.2) is 9.97 Å². The van der Waals surface area contributed by atoms with Gasteiger partial charge in [-0.15, -0.1) is 0 Å². The van der Waals surface area contributed by atoms with Crippen LogP contribution < -0.4 is 5.73 Å². The van der Waals surface area contributed by atoms with Crippen molar-refractivity contribution in [3.05, 3.63) is 36.4 Å². The maximum Gasteiger partial charge on any atom is 0.167 e. The lowest BCUT2D eigenvalue weighted by Crippen LogP contribution is -2.18.